The molecule has 0 aliphatic heterocycles. The van der Waals surface area contributed by atoms with E-state index in [0.717, 1.165) is 6.42 Å². The van der Waals surface area contributed by atoms with E-state index in [9.17, 15) is 13.2 Å². The maximum absolute atomic E-state index is 12.0. The van der Waals surface area contributed by atoms with Gasteiger partial charge in [0.1, 0.15) is 5.75 Å². The second-order valence-corrected chi connectivity index (χ2v) is 7.80. The van der Waals surface area contributed by atoms with Crippen LogP contribution in [0.15, 0.2) is 24.3 Å². The lowest BCUT2D eigenvalue weighted by atomic mass is 10.2. The number of amides is 1. The molecule has 0 spiro atoms. The Morgan fingerprint density at radius 3 is 2.54 bits per heavy atom. The van der Waals surface area contributed by atoms with Crippen molar-refractivity contribution in [1.29, 1.82) is 0 Å². The van der Waals surface area contributed by atoms with Crippen LogP contribution >= 0.6 is 0 Å². The molecule has 1 aromatic carbocycles. The minimum Gasteiger partial charge on any atom is -0.489 e. The molecule has 1 rings (SSSR count). The number of anilines is 1. The Labute approximate surface area is 145 Å². The molecule has 0 saturated heterocycles. The molecule has 6 nitrogen and oxygen atoms in total. The van der Waals surface area contributed by atoms with E-state index in [1.54, 1.807) is 12.1 Å². The van der Waals surface area contributed by atoms with E-state index >= 15 is 0 Å². The molecule has 1 N–H and O–H groups in total. The van der Waals surface area contributed by atoms with Crippen LogP contribution in [0.4, 0.5) is 5.69 Å². The Morgan fingerprint density at radius 2 is 1.96 bits per heavy atom. The molecule has 0 radical (unpaired) electrons. The highest BCUT2D eigenvalue weighted by Crippen LogP contribution is 2.28. The van der Waals surface area contributed by atoms with E-state index in [-0.39, 0.29) is 30.9 Å². The summed E-state index contributed by atoms with van der Waals surface area (Å²) in [7, 11) is -3.30. The Kier molecular flexibility index (Phi) is 8.21. The third kappa shape index (κ3) is 6.88. The van der Waals surface area contributed by atoms with Crippen LogP contribution in [0, 0.1) is 0 Å². The van der Waals surface area contributed by atoms with Crippen LogP contribution in [0.5, 0.6) is 5.75 Å². The van der Waals surface area contributed by atoms with E-state index in [0.29, 0.717) is 17.9 Å². The average molecular weight is 356 g/mol. The zero-order chi connectivity index (χ0) is 18.2. The molecule has 0 aliphatic rings. The second kappa shape index (κ2) is 9.64. The van der Waals surface area contributed by atoms with Gasteiger partial charge in [-0.05, 0) is 32.4 Å². The second-order valence-electron chi connectivity index (χ2n) is 5.87. The third-order valence-corrected chi connectivity index (χ3v) is 4.79. The topological polar surface area (TPSA) is 75.7 Å². The molecule has 7 heteroatoms. The lowest BCUT2D eigenvalue weighted by Gasteiger charge is -2.24. The number of sulfonamides is 1. The van der Waals surface area contributed by atoms with Crippen molar-refractivity contribution in [3.8, 4) is 5.75 Å². The molecular weight excluding hydrogens is 328 g/mol. The van der Waals surface area contributed by atoms with Gasteiger partial charge in [0, 0.05) is 20.0 Å². The number of nitrogens with one attached hydrogen (secondary N) is 1. The number of benzene rings is 1. The van der Waals surface area contributed by atoms with Crippen molar-refractivity contribution < 1.29 is 17.9 Å². The number of ether oxygens (including phenoxy) is 1. The minimum absolute atomic E-state index is 0.0208. The van der Waals surface area contributed by atoms with Gasteiger partial charge < -0.3 is 9.64 Å². The largest absolute Gasteiger partial charge is 0.489 e. The summed E-state index contributed by atoms with van der Waals surface area (Å²) in [5, 5.41) is 0. The zero-order valence-electron chi connectivity index (χ0n) is 14.9. The van der Waals surface area contributed by atoms with Gasteiger partial charge >= 0.3 is 0 Å². The molecule has 0 fully saturated rings. The molecule has 1 amide bonds. The van der Waals surface area contributed by atoms with Crippen LogP contribution in [0.1, 0.15) is 40.5 Å². The van der Waals surface area contributed by atoms with Crippen LogP contribution in [-0.4, -0.2) is 39.3 Å². The lowest BCUT2D eigenvalue weighted by molar-refractivity contribution is -0.116. The van der Waals surface area contributed by atoms with Crippen LogP contribution in [0.3, 0.4) is 0 Å². The summed E-state index contributed by atoms with van der Waals surface area (Å²) >= 11 is 0. The van der Waals surface area contributed by atoms with Crippen LogP contribution in [0.25, 0.3) is 0 Å². The maximum atomic E-state index is 12.0. The first-order valence-corrected chi connectivity index (χ1v) is 9.93. The van der Waals surface area contributed by atoms with Crippen LogP contribution in [0.2, 0.25) is 0 Å². The molecule has 0 unspecified atom stereocenters. The molecule has 0 saturated carbocycles. The summed E-state index contributed by atoms with van der Waals surface area (Å²) in [6.45, 7) is 7.64. The van der Waals surface area contributed by atoms with Gasteiger partial charge in [0.2, 0.25) is 15.9 Å². The number of unbranched alkanes of at least 4 members (excludes halogenated alkanes) is 1. The average Bonchev–Trinajstić information content (AvgIpc) is 2.50. The van der Waals surface area contributed by atoms with Gasteiger partial charge in [0.15, 0.2) is 0 Å². The van der Waals surface area contributed by atoms with E-state index < -0.39 is 10.0 Å². The normalized spacial score (nSPS) is 11.5. The highest BCUT2D eigenvalue weighted by molar-refractivity contribution is 7.89. The molecule has 0 bridgehead atoms. The van der Waals surface area contributed by atoms with Crippen molar-refractivity contribution in [2.45, 2.75) is 46.6 Å². The van der Waals surface area contributed by atoms with Gasteiger partial charge in [-0.1, -0.05) is 25.5 Å². The molecule has 24 heavy (non-hydrogen) atoms. The number of para-hydroxylation sites is 2. The van der Waals surface area contributed by atoms with E-state index in [2.05, 4.69) is 4.72 Å². The first kappa shape index (κ1) is 20.4. The first-order valence-electron chi connectivity index (χ1n) is 8.28. The minimum atomic E-state index is -3.30. The fraction of sp³-hybridized carbons (Fsp3) is 0.588. The van der Waals surface area contributed by atoms with Gasteiger partial charge in [-0.3, -0.25) is 4.79 Å². The summed E-state index contributed by atoms with van der Waals surface area (Å²) in [4.78, 5) is 13.5. The summed E-state index contributed by atoms with van der Waals surface area (Å²) < 4.78 is 32.0. The molecule has 0 atom stereocenters. The van der Waals surface area contributed by atoms with E-state index in [4.69, 9.17) is 4.74 Å². The number of rotatable bonds is 10. The molecule has 0 heterocycles. The molecule has 1 aromatic rings. The van der Waals surface area contributed by atoms with Gasteiger partial charge in [-0.15, -0.1) is 0 Å². The molecular formula is C17H28N2O4S. The van der Waals surface area contributed by atoms with Crippen LogP contribution in [-0.2, 0) is 14.8 Å². The fourth-order valence-corrected chi connectivity index (χ4v) is 3.42. The smallest absolute Gasteiger partial charge is 0.224 e. The fourth-order valence-electron chi connectivity index (χ4n) is 2.20. The summed E-state index contributed by atoms with van der Waals surface area (Å²) in [6.07, 6.45) is 1.42. The SMILES string of the molecule is CCCCS(=O)(=O)NCCN(C(C)=O)c1ccccc1OC(C)C. The standard InChI is InChI=1S/C17H28N2O4S/c1-5-6-13-24(21,22)18-11-12-19(15(4)20)16-9-7-8-10-17(16)23-14(2)3/h7-10,14,18H,5-6,11-13H2,1-4H3. The number of hydrogen-bond acceptors (Lipinski definition) is 4. The Bertz CT molecular complexity index is 629. The third-order valence-electron chi connectivity index (χ3n) is 3.32. The van der Waals surface area contributed by atoms with Crippen molar-refractivity contribution in [3.63, 3.8) is 0 Å². The number of carbonyl (C=O) groups excluding carboxylic acids is 1. The Morgan fingerprint density at radius 1 is 1.29 bits per heavy atom. The predicted octanol–water partition coefficient (Wildman–Crippen LogP) is 2.55. The van der Waals surface area contributed by atoms with Crippen molar-refractivity contribution in [2.75, 3.05) is 23.7 Å². The monoisotopic (exact) mass is 356 g/mol. The van der Waals surface area contributed by atoms with E-state index in [1.807, 2.05) is 32.9 Å². The first-order chi connectivity index (χ1) is 11.3. The maximum Gasteiger partial charge on any atom is 0.224 e. The predicted molar refractivity (Wildman–Crippen MR) is 96.9 cm³/mol. The number of carbonyl (C=O) groups is 1. The van der Waals surface area contributed by atoms with Crippen molar-refractivity contribution in [3.05, 3.63) is 24.3 Å². The highest BCUT2D eigenvalue weighted by Gasteiger charge is 2.18. The van der Waals surface area contributed by atoms with Crippen LogP contribution < -0.4 is 14.4 Å². The number of hydrogen-bond donors (Lipinski definition) is 1. The summed E-state index contributed by atoms with van der Waals surface area (Å²) in [5.74, 6) is 0.551. The van der Waals surface area contributed by atoms with Crippen molar-refractivity contribution in [1.82, 2.24) is 4.72 Å². The Hall–Kier alpha value is -1.60. The van der Waals surface area contributed by atoms with Crippen molar-refractivity contribution >= 4 is 21.6 Å². The van der Waals surface area contributed by atoms with Gasteiger partial charge in [-0.2, -0.15) is 0 Å². The Balaban J connectivity index is 2.81. The molecule has 0 aromatic heterocycles. The number of nitrogens with zero attached hydrogens (tertiary/aromatic N) is 1. The van der Waals surface area contributed by atoms with E-state index in [1.165, 1.54) is 11.8 Å². The van der Waals surface area contributed by atoms with Gasteiger partial charge in [0.25, 0.3) is 0 Å². The highest BCUT2D eigenvalue weighted by atomic mass is 32.2. The van der Waals surface area contributed by atoms with Gasteiger partial charge in [0.05, 0.1) is 17.5 Å². The van der Waals surface area contributed by atoms with Crippen molar-refractivity contribution in [2.24, 2.45) is 0 Å². The van der Waals surface area contributed by atoms with Gasteiger partial charge in [-0.25, -0.2) is 13.1 Å². The zero-order valence-corrected chi connectivity index (χ0v) is 15.7. The molecule has 136 valence electrons. The summed E-state index contributed by atoms with van der Waals surface area (Å²) in [5.41, 5.74) is 0.645. The summed E-state index contributed by atoms with van der Waals surface area (Å²) in [6, 6.07) is 7.26. The quantitative estimate of drug-likeness (QED) is 0.699. The lowest BCUT2D eigenvalue weighted by Crippen LogP contribution is -2.38. The molecule has 0 aliphatic carbocycles.